The maximum absolute atomic E-state index is 10.9. The zero-order valence-electron chi connectivity index (χ0n) is 7.40. The number of hydrogen-bond acceptors (Lipinski definition) is 3. The first-order valence-electron chi connectivity index (χ1n) is 3.69. The molecule has 0 spiro atoms. The zero-order chi connectivity index (χ0) is 10.7. The van der Waals surface area contributed by atoms with E-state index in [-0.39, 0.29) is 0 Å². The number of urea groups is 1. The molecule has 0 bridgehead atoms. The Morgan fingerprint density at radius 3 is 2.79 bits per heavy atom. The molecule has 0 saturated carbocycles. The molecule has 0 saturated heterocycles. The number of para-hydroxylation sites is 1. The maximum Gasteiger partial charge on any atom is 0.329 e. The average Bonchev–Trinajstić information content (AvgIpc) is 2.16. The molecule has 0 aromatic heterocycles. The van der Waals surface area contributed by atoms with E-state index < -0.39 is 6.03 Å². The lowest BCUT2D eigenvalue weighted by molar-refractivity contribution is 0.257. The van der Waals surface area contributed by atoms with Gasteiger partial charge in [0.25, 0.3) is 0 Å². The van der Waals surface area contributed by atoms with Crippen molar-refractivity contribution in [3.63, 3.8) is 0 Å². The molecule has 0 aliphatic heterocycles. The summed E-state index contributed by atoms with van der Waals surface area (Å²) in [6, 6.07) is 4.25. The lowest BCUT2D eigenvalue weighted by Gasteiger charge is -2.16. The number of methoxy groups -OCH3 is 1. The van der Waals surface area contributed by atoms with Crippen LogP contribution in [-0.4, -0.2) is 13.1 Å². The van der Waals surface area contributed by atoms with Gasteiger partial charge in [0, 0.05) is 0 Å². The summed E-state index contributed by atoms with van der Waals surface area (Å²) in [5.41, 5.74) is 5.47. The fourth-order valence-electron chi connectivity index (χ4n) is 0.985. The number of halogens is 1. The number of carbonyl (C=O) groups is 1. The van der Waals surface area contributed by atoms with E-state index in [2.05, 4.69) is 12.8 Å². The van der Waals surface area contributed by atoms with Crippen molar-refractivity contribution in [2.24, 2.45) is 5.73 Å². The van der Waals surface area contributed by atoms with Crippen LogP contribution < -0.4 is 14.8 Å². The third-order valence-corrected chi connectivity index (χ3v) is 2.30. The van der Waals surface area contributed by atoms with Gasteiger partial charge in [-0.1, -0.05) is 30.5 Å². The Kier molecular flexibility index (Phi) is 3.49. The molecule has 14 heavy (non-hydrogen) atoms. The molecule has 0 heterocycles. The van der Waals surface area contributed by atoms with Crippen LogP contribution in [0.4, 0.5) is 10.5 Å². The van der Waals surface area contributed by atoms with Crippen LogP contribution in [0.1, 0.15) is 0 Å². The first-order valence-corrected chi connectivity index (χ1v) is 4.46. The van der Waals surface area contributed by atoms with Gasteiger partial charge in [0.2, 0.25) is 0 Å². The summed E-state index contributed by atoms with van der Waals surface area (Å²) < 4.78 is 5.98. The summed E-state index contributed by atoms with van der Waals surface area (Å²) in [5, 5.41) is 0.394. The molecule has 0 aliphatic carbocycles. The molecule has 0 fully saturated rings. The van der Waals surface area contributed by atoms with Crippen LogP contribution >= 0.6 is 24.4 Å². The SMILES string of the molecule is COc1c(Cl)cccc1N(S)C(N)=O. The molecule has 2 amide bonds. The summed E-state index contributed by atoms with van der Waals surface area (Å²) in [6.07, 6.45) is 0. The second-order valence-corrected chi connectivity index (χ2v) is 3.25. The smallest absolute Gasteiger partial charge is 0.329 e. The van der Waals surface area contributed by atoms with Crippen molar-refractivity contribution >= 4 is 36.1 Å². The minimum Gasteiger partial charge on any atom is -0.493 e. The first-order chi connectivity index (χ1) is 6.57. The van der Waals surface area contributed by atoms with Gasteiger partial charge in [-0.25, -0.2) is 9.10 Å². The number of nitrogens with two attached hydrogens (primary N) is 1. The number of carbonyl (C=O) groups excluding carboxylic acids is 1. The summed E-state index contributed by atoms with van der Waals surface area (Å²) >= 11 is 9.75. The lowest BCUT2D eigenvalue weighted by atomic mass is 10.3. The van der Waals surface area contributed by atoms with Crippen molar-refractivity contribution < 1.29 is 9.53 Å². The third-order valence-electron chi connectivity index (χ3n) is 1.59. The van der Waals surface area contributed by atoms with Gasteiger partial charge in [0.1, 0.15) is 5.69 Å². The molecule has 1 aromatic carbocycles. The van der Waals surface area contributed by atoms with E-state index in [1.54, 1.807) is 18.2 Å². The van der Waals surface area contributed by atoms with Crippen molar-refractivity contribution in [3.8, 4) is 5.75 Å². The van der Waals surface area contributed by atoms with Gasteiger partial charge in [0.15, 0.2) is 5.75 Å². The van der Waals surface area contributed by atoms with E-state index in [0.29, 0.717) is 16.5 Å². The Hall–Kier alpha value is -1.07. The third kappa shape index (κ3) is 2.05. The molecule has 0 radical (unpaired) electrons. The summed E-state index contributed by atoms with van der Waals surface area (Å²) in [4.78, 5) is 10.9. The second kappa shape index (κ2) is 4.43. The largest absolute Gasteiger partial charge is 0.493 e. The molecular weight excluding hydrogens is 224 g/mol. The number of primary amides is 1. The van der Waals surface area contributed by atoms with Crippen molar-refractivity contribution in [1.29, 1.82) is 0 Å². The van der Waals surface area contributed by atoms with Crippen LogP contribution in [0, 0.1) is 0 Å². The average molecular weight is 233 g/mol. The number of nitrogens with zero attached hydrogens (tertiary/aromatic N) is 1. The molecule has 1 rings (SSSR count). The highest BCUT2D eigenvalue weighted by molar-refractivity contribution is 7.82. The van der Waals surface area contributed by atoms with E-state index in [4.69, 9.17) is 22.1 Å². The van der Waals surface area contributed by atoms with Gasteiger partial charge in [-0.15, -0.1) is 0 Å². The fourth-order valence-corrected chi connectivity index (χ4v) is 1.39. The van der Waals surface area contributed by atoms with Crippen LogP contribution in [0.2, 0.25) is 5.02 Å². The van der Waals surface area contributed by atoms with Crippen molar-refractivity contribution in [2.45, 2.75) is 0 Å². The van der Waals surface area contributed by atoms with Crippen LogP contribution in [0.3, 0.4) is 0 Å². The molecule has 6 heteroatoms. The Morgan fingerprint density at radius 1 is 1.64 bits per heavy atom. The van der Waals surface area contributed by atoms with E-state index >= 15 is 0 Å². The van der Waals surface area contributed by atoms with Crippen LogP contribution in [0.25, 0.3) is 0 Å². The van der Waals surface area contributed by atoms with Gasteiger partial charge in [-0.3, -0.25) is 0 Å². The van der Waals surface area contributed by atoms with Gasteiger partial charge in [-0.05, 0) is 12.1 Å². The van der Waals surface area contributed by atoms with Crippen molar-refractivity contribution in [1.82, 2.24) is 0 Å². The molecule has 0 atom stereocenters. The highest BCUT2D eigenvalue weighted by Gasteiger charge is 2.15. The minimum absolute atomic E-state index is 0.364. The first kappa shape index (κ1) is 11.0. The molecule has 4 nitrogen and oxygen atoms in total. The topological polar surface area (TPSA) is 55.6 Å². The van der Waals surface area contributed by atoms with Crippen LogP contribution in [0.15, 0.2) is 18.2 Å². The molecule has 1 aromatic rings. The number of rotatable bonds is 2. The minimum atomic E-state index is -0.700. The van der Waals surface area contributed by atoms with Crippen LogP contribution in [0.5, 0.6) is 5.75 Å². The van der Waals surface area contributed by atoms with Gasteiger partial charge < -0.3 is 10.5 Å². The van der Waals surface area contributed by atoms with Crippen molar-refractivity contribution in [2.75, 3.05) is 11.4 Å². The lowest BCUT2D eigenvalue weighted by Crippen LogP contribution is -2.27. The van der Waals surface area contributed by atoms with Gasteiger partial charge in [0.05, 0.1) is 12.1 Å². The van der Waals surface area contributed by atoms with E-state index in [1.807, 2.05) is 0 Å². The number of benzene rings is 1. The van der Waals surface area contributed by atoms with Crippen molar-refractivity contribution in [3.05, 3.63) is 23.2 Å². The maximum atomic E-state index is 10.9. The Morgan fingerprint density at radius 2 is 2.29 bits per heavy atom. The summed E-state index contributed by atoms with van der Waals surface area (Å²) in [5.74, 6) is 0.364. The molecule has 2 N–H and O–H groups in total. The number of ether oxygens (including phenoxy) is 1. The quantitative estimate of drug-likeness (QED) is 0.767. The molecule has 0 aliphatic rings. The highest BCUT2D eigenvalue weighted by atomic mass is 35.5. The summed E-state index contributed by atoms with van der Waals surface area (Å²) in [6.45, 7) is 0. The number of amides is 2. The van der Waals surface area contributed by atoms with E-state index in [0.717, 1.165) is 4.31 Å². The monoisotopic (exact) mass is 232 g/mol. The highest BCUT2D eigenvalue weighted by Crippen LogP contribution is 2.35. The molecular formula is C8H9ClN2O2S. The normalized spacial score (nSPS) is 9.64. The molecule has 76 valence electrons. The number of thiol groups is 1. The zero-order valence-corrected chi connectivity index (χ0v) is 9.05. The fraction of sp³-hybridized carbons (Fsp3) is 0.125. The van der Waals surface area contributed by atoms with Gasteiger partial charge >= 0.3 is 6.03 Å². The van der Waals surface area contributed by atoms with Crippen LogP contribution in [-0.2, 0) is 0 Å². The Bertz CT molecular complexity index is 359. The second-order valence-electron chi connectivity index (χ2n) is 2.44. The number of hydrogen-bond donors (Lipinski definition) is 2. The van der Waals surface area contributed by atoms with Gasteiger partial charge in [-0.2, -0.15) is 0 Å². The number of anilines is 1. The Balaban J connectivity index is 3.20. The predicted octanol–water partition coefficient (Wildman–Crippen LogP) is 2.08. The Labute approximate surface area is 92.1 Å². The predicted molar refractivity (Wildman–Crippen MR) is 59.1 cm³/mol. The standard InChI is InChI=1S/C8H9ClN2O2S/c1-13-7-5(9)3-2-4-6(7)11(14)8(10)12/h2-4,14H,1H3,(H2,10,12). The van der Waals surface area contributed by atoms with E-state index in [9.17, 15) is 4.79 Å². The molecule has 0 unspecified atom stereocenters. The summed E-state index contributed by atoms with van der Waals surface area (Å²) in [7, 11) is 1.45. The van der Waals surface area contributed by atoms with E-state index in [1.165, 1.54) is 7.11 Å².